The van der Waals surface area contributed by atoms with Gasteiger partial charge >= 0.3 is 0 Å². The molecule has 0 N–H and O–H groups in total. The number of hydrogen-bond acceptors (Lipinski definition) is 2. The second-order valence-electron chi connectivity index (χ2n) is 6.23. The molecule has 1 aliphatic rings. The molecule has 22 heavy (non-hydrogen) atoms. The molecule has 1 aromatic carbocycles. The zero-order valence-corrected chi connectivity index (χ0v) is 14.1. The van der Waals surface area contributed by atoms with Gasteiger partial charge in [0.15, 0.2) is 0 Å². The van der Waals surface area contributed by atoms with Gasteiger partial charge in [0, 0.05) is 18.1 Å². The summed E-state index contributed by atoms with van der Waals surface area (Å²) < 4.78 is 0. The molecule has 2 amide bonds. The molecular formula is C17H23ClN2O2. The van der Waals surface area contributed by atoms with Gasteiger partial charge < -0.3 is 9.80 Å². The van der Waals surface area contributed by atoms with Crippen LogP contribution in [0.1, 0.15) is 32.8 Å². The summed E-state index contributed by atoms with van der Waals surface area (Å²) in [5, 5.41) is 0.623. The van der Waals surface area contributed by atoms with Crippen molar-refractivity contribution in [1.29, 1.82) is 0 Å². The Balaban J connectivity index is 2.07. The molecule has 0 unspecified atom stereocenters. The fraction of sp³-hybridized carbons (Fsp3) is 0.529. The number of rotatable bonds is 5. The highest BCUT2D eigenvalue weighted by Gasteiger charge is 2.36. The highest BCUT2D eigenvalue weighted by atomic mass is 35.5. The van der Waals surface area contributed by atoms with Crippen molar-refractivity contribution < 1.29 is 9.59 Å². The van der Waals surface area contributed by atoms with E-state index in [9.17, 15) is 9.59 Å². The van der Waals surface area contributed by atoms with Gasteiger partial charge in [-0.3, -0.25) is 9.59 Å². The van der Waals surface area contributed by atoms with Crippen LogP contribution >= 0.6 is 11.6 Å². The smallest absolute Gasteiger partial charge is 0.245 e. The number of amides is 2. The van der Waals surface area contributed by atoms with Gasteiger partial charge in [-0.15, -0.1) is 0 Å². The third kappa shape index (κ3) is 3.80. The van der Waals surface area contributed by atoms with Gasteiger partial charge in [0.05, 0.1) is 0 Å². The molecule has 1 saturated heterocycles. The topological polar surface area (TPSA) is 40.6 Å². The Labute approximate surface area is 137 Å². The number of hydrogen-bond donors (Lipinski definition) is 0. The van der Waals surface area contributed by atoms with Crippen LogP contribution in [0.5, 0.6) is 0 Å². The molecule has 120 valence electrons. The lowest BCUT2D eigenvalue weighted by Crippen LogP contribution is -2.58. The number of benzene rings is 1. The molecule has 5 heteroatoms. The molecule has 1 aromatic rings. The van der Waals surface area contributed by atoms with Crippen LogP contribution < -0.4 is 0 Å². The second kappa shape index (κ2) is 7.14. The average Bonchev–Trinajstić information content (AvgIpc) is 2.46. The molecule has 2 rings (SSSR count). The Morgan fingerprint density at radius 1 is 1.27 bits per heavy atom. The molecular weight excluding hydrogens is 300 g/mol. The molecule has 1 aliphatic heterocycles. The monoisotopic (exact) mass is 322 g/mol. The summed E-state index contributed by atoms with van der Waals surface area (Å²) in [4.78, 5) is 28.2. The maximum absolute atomic E-state index is 12.5. The zero-order chi connectivity index (χ0) is 16.3. The first-order chi connectivity index (χ1) is 10.4. The second-order valence-corrected chi connectivity index (χ2v) is 6.64. The van der Waals surface area contributed by atoms with Crippen LogP contribution in [0, 0.1) is 5.92 Å². The van der Waals surface area contributed by atoms with Crippen LogP contribution in [0.4, 0.5) is 0 Å². The highest BCUT2D eigenvalue weighted by Crippen LogP contribution is 2.21. The molecule has 0 saturated carbocycles. The van der Waals surface area contributed by atoms with E-state index in [1.807, 2.05) is 18.2 Å². The molecule has 1 fully saturated rings. The van der Waals surface area contributed by atoms with Gasteiger partial charge in [0.25, 0.3) is 0 Å². The standard InChI is InChI=1S/C17H23ClN2O2/c1-12(2)8-9-20-13(3)17(22)19(11-16(20)21)10-14-6-4-5-7-15(14)18/h4-7,12-13H,8-11H2,1-3H3/t13-/m0/s1. The van der Waals surface area contributed by atoms with Gasteiger partial charge in [-0.2, -0.15) is 0 Å². The van der Waals surface area contributed by atoms with Crippen molar-refractivity contribution in [3.8, 4) is 0 Å². The third-order valence-corrected chi connectivity index (χ3v) is 4.42. The lowest BCUT2D eigenvalue weighted by Gasteiger charge is -2.39. The summed E-state index contributed by atoms with van der Waals surface area (Å²) in [5.41, 5.74) is 0.869. The summed E-state index contributed by atoms with van der Waals surface area (Å²) >= 11 is 6.14. The Morgan fingerprint density at radius 2 is 1.95 bits per heavy atom. The Morgan fingerprint density at radius 3 is 2.59 bits per heavy atom. The lowest BCUT2D eigenvalue weighted by atomic mass is 10.1. The van der Waals surface area contributed by atoms with Gasteiger partial charge in [-0.05, 0) is 30.9 Å². The van der Waals surface area contributed by atoms with E-state index in [-0.39, 0.29) is 18.4 Å². The first kappa shape index (κ1) is 16.8. The fourth-order valence-corrected chi connectivity index (χ4v) is 2.82. The zero-order valence-electron chi connectivity index (χ0n) is 13.4. The van der Waals surface area contributed by atoms with Crippen molar-refractivity contribution in [1.82, 2.24) is 9.80 Å². The lowest BCUT2D eigenvalue weighted by molar-refractivity contribution is -0.155. The number of halogens is 1. The Kier molecular flexibility index (Phi) is 5.46. The normalized spacial score (nSPS) is 19.2. The minimum absolute atomic E-state index is 0.0109. The van der Waals surface area contributed by atoms with Crippen LogP contribution in [0.2, 0.25) is 5.02 Å². The Hall–Kier alpha value is -1.55. The average molecular weight is 323 g/mol. The van der Waals surface area contributed by atoms with Crippen LogP contribution in [0.15, 0.2) is 24.3 Å². The van der Waals surface area contributed by atoms with Crippen molar-refractivity contribution in [2.45, 2.75) is 39.8 Å². The molecule has 0 bridgehead atoms. The number of carbonyl (C=O) groups is 2. The maximum Gasteiger partial charge on any atom is 0.245 e. The van der Waals surface area contributed by atoms with Gasteiger partial charge in [-0.25, -0.2) is 0 Å². The molecule has 4 nitrogen and oxygen atoms in total. The quantitative estimate of drug-likeness (QED) is 0.836. The first-order valence-electron chi connectivity index (χ1n) is 7.71. The molecule has 0 aromatic heterocycles. The summed E-state index contributed by atoms with van der Waals surface area (Å²) in [7, 11) is 0. The number of carbonyl (C=O) groups excluding carboxylic acids is 2. The minimum Gasteiger partial charge on any atom is -0.329 e. The van der Waals surface area contributed by atoms with Crippen molar-refractivity contribution in [3.63, 3.8) is 0 Å². The van der Waals surface area contributed by atoms with E-state index in [1.165, 1.54) is 0 Å². The predicted octanol–water partition coefficient (Wildman–Crippen LogP) is 2.95. The number of nitrogens with zero attached hydrogens (tertiary/aromatic N) is 2. The first-order valence-corrected chi connectivity index (χ1v) is 8.09. The van der Waals surface area contributed by atoms with E-state index in [4.69, 9.17) is 11.6 Å². The summed E-state index contributed by atoms with van der Waals surface area (Å²) in [6.45, 7) is 7.19. The number of piperazine rings is 1. The van der Waals surface area contributed by atoms with E-state index in [0.717, 1.165) is 12.0 Å². The van der Waals surface area contributed by atoms with E-state index in [2.05, 4.69) is 13.8 Å². The summed E-state index contributed by atoms with van der Waals surface area (Å²) in [6, 6.07) is 7.02. The van der Waals surface area contributed by atoms with E-state index in [0.29, 0.717) is 24.0 Å². The largest absolute Gasteiger partial charge is 0.329 e. The fourth-order valence-electron chi connectivity index (χ4n) is 2.63. The van der Waals surface area contributed by atoms with Gasteiger partial charge in [0.2, 0.25) is 11.8 Å². The van der Waals surface area contributed by atoms with Crippen molar-refractivity contribution in [2.24, 2.45) is 5.92 Å². The SMILES string of the molecule is CC(C)CCN1C(=O)CN(Cc2ccccc2Cl)C(=O)[C@@H]1C. The van der Waals surface area contributed by atoms with Crippen LogP contribution in [-0.4, -0.2) is 40.7 Å². The molecule has 1 atom stereocenters. The summed E-state index contributed by atoms with van der Waals surface area (Å²) in [5.74, 6) is 0.513. The predicted molar refractivity (Wildman–Crippen MR) is 87.5 cm³/mol. The van der Waals surface area contributed by atoms with Crippen molar-refractivity contribution in [3.05, 3.63) is 34.9 Å². The molecule has 0 spiro atoms. The van der Waals surface area contributed by atoms with E-state index in [1.54, 1.807) is 22.8 Å². The highest BCUT2D eigenvalue weighted by molar-refractivity contribution is 6.31. The van der Waals surface area contributed by atoms with Gasteiger partial charge in [0.1, 0.15) is 12.6 Å². The maximum atomic E-state index is 12.5. The van der Waals surface area contributed by atoms with E-state index < -0.39 is 6.04 Å². The molecule has 1 heterocycles. The van der Waals surface area contributed by atoms with Crippen LogP contribution in [0.3, 0.4) is 0 Å². The van der Waals surface area contributed by atoms with Crippen molar-refractivity contribution in [2.75, 3.05) is 13.1 Å². The summed E-state index contributed by atoms with van der Waals surface area (Å²) in [6.07, 6.45) is 0.911. The van der Waals surface area contributed by atoms with Crippen LogP contribution in [-0.2, 0) is 16.1 Å². The minimum atomic E-state index is -0.400. The van der Waals surface area contributed by atoms with Crippen molar-refractivity contribution >= 4 is 23.4 Å². The molecule has 0 aliphatic carbocycles. The van der Waals surface area contributed by atoms with E-state index >= 15 is 0 Å². The Bertz CT molecular complexity index is 559. The van der Waals surface area contributed by atoms with Crippen LogP contribution in [0.25, 0.3) is 0 Å². The van der Waals surface area contributed by atoms with Gasteiger partial charge in [-0.1, -0.05) is 43.6 Å². The molecule has 0 radical (unpaired) electrons. The third-order valence-electron chi connectivity index (χ3n) is 4.05.